The summed E-state index contributed by atoms with van der Waals surface area (Å²) in [7, 11) is 8.18. The third-order valence-electron chi connectivity index (χ3n) is 10.1. The van der Waals surface area contributed by atoms with Gasteiger partial charge in [0.15, 0.2) is 49.6 Å². The van der Waals surface area contributed by atoms with Crippen molar-refractivity contribution in [1.82, 2.24) is 15.3 Å². The average Bonchev–Trinajstić information content (AvgIpc) is 3.99. The molecule has 3 N–H and O–H groups in total. The van der Waals surface area contributed by atoms with Gasteiger partial charge in [0, 0.05) is 98.6 Å². The zero-order valence-electron chi connectivity index (χ0n) is 30.4. The fourth-order valence-corrected chi connectivity index (χ4v) is 7.33. The van der Waals surface area contributed by atoms with Crippen LogP contribution in [0.5, 0.6) is 0 Å². The number of nitrogens with one attached hydrogen (secondary N) is 3. The first-order valence-corrected chi connectivity index (χ1v) is 17.5. The molecule has 8 bridgehead atoms. The van der Waals surface area contributed by atoms with Crippen LogP contribution in [-0.2, 0) is 47.7 Å². The number of pyridine rings is 4. The Balaban J connectivity index is 0.00000400. The van der Waals surface area contributed by atoms with Crippen LogP contribution in [0.2, 0.25) is 0 Å². The third kappa shape index (κ3) is 6.38. The monoisotopic (exact) mass is 744 g/mol. The van der Waals surface area contributed by atoms with Gasteiger partial charge in [-0.2, -0.15) is 0 Å². The Morgan fingerprint density at radius 1 is 0.491 bits per heavy atom. The number of hydrogen-bond acceptors (Lipinski definition) is 2. The molecule has 252 valence electrons. The Morgan fingerprint density at radius 2 is 0.981 bits per heavy atom. The van der Waals surface area contributed by atoms with Crippen molar-refractivity contribution in [2.45, 2.75) is 6.04 Å². The zero-order chi connectivity index (χ0) is 35.3. The van der Waals surface area contributed by atoms with E-state index >= 15 is 0 Å². The van der Waals surface area contributed by atoms with Crippen molar-refractivity contribution < 1.29 is 37.7 Å². The molecular formula is C44H40N8Zn+6. The minimum Gasteiger partial charge on any atom is -0.374 e. The number of rotatable bonds is 4. The molecule has 1 unspecified atom stereocenters. The topological polar surface area (TPSA) is 71.5 Å². The van der Waals surface area contributed by atoms with Crippen molar-refractivity contribution in [2.24, 2.45) is 33.2 Å². The summed E-state index contributed by atoms with van der Waals surface area (Å²) in [5, 5.41) is 5.99. The number of hydrogen-bond donors (Lipinski definition) is 3. The van der Waals surface area contributed by atoms with Gasteiger partial charge in [-0.05, 0) is 64.7 Å². The molecule has 0 spiro atoms. The van der Waals surface area contributed by atoms with Gasteiger partial charge in [0.2, 0.25) is 0 Å². The van der Waals surface area contributed by atoms with Crippen LogP contribution < -0.4 is 34.3 Å². The number of aromatic nitrogens is 6. The number of nitrogens with zero attached hydrogens (tertiary/aromatic N) is 5. The summed E-state index contributed by atoms with van der Waals surface area (Å²) in [5.41, 5.74) is 13.7. The van der Waals surface area contributed by atoms with Gasteiger partial charge in [-0.3, -0.25) is 0 Å². The fraction of sp³-hybridized carbons (Fsp3) is 0.114. The van der Waals surface area contributed by atoms with Gasteiger partial charge in [-0.15, -0.1) is 0 Å². The quantitative estimate of drug-likeness (QED) is 0.189. The predicted octanol–water partition coefficient (Wildman–Crippen LogP) is 2.81. The molecule has 0 radical (unpaired) electrons. The number of aliphatic imine (C=N–C) groups is 1. The van der Waals surface area contributed by atoms with Gasteiger partial charge in [0.05, 0.1) is 17.5 Å². The number of aromatic amines is 2. The normalized spacial score (nSPS) is 20.0. The molecule has 3 aliphatic rings. The summed E-state index contributed by atoms with van der Waals surface area (Å²) in [6.07, 6.45) is 25.6. The molecule has 53 heavy (non-hydrogen) atoms. The van der Waals surface area contributed by atoms with Gasteiger partial charge in [0.1, 0.15) is 28.2 Å². The number of aryl methyl sites for hydroxylation is 4. The first-order chi connectivity index (χ1) is 25.4. The van der Waals surface area contributed by atoms with Gasteiger partial charge in [-0.25, -0.2) is 23.3 Å². The van der Waals surface area contributed by atoms with E-state index in [2.05, 4.69) is 187 Å². The predicted molar refractivity (Wildman–Crippen MR) is 201 cm³/mol. The number of fused-ring (bicyclic) bond motifs is 7. The molecule has 0 aliphatic carbocycles. The smallest absolute Gasteiger partial charge is 0.374 e. The van der Waals surface area contributed by atoms with Crippen molar-refractivity contribution in [3.05, 3.63) is 202 Å². The van der Waals surface area contributed by atoms with Crippen molar-refractivity contribution in [3.63, 3.8) is 0 Å². The first-order valence-electron chi connectivity index (χ1n) is 17.5. The molecule has 0 saturated carbocycles. The van der Waals surface area contributed by atoms with E-state index in [0.29, 0.717) is 0 Å². The SMILES string of the molecule is C[n+]1ccc(C2=c3cc/c([nH]3)=C(\c3cc[n+](C)cc3)C3=N/C(=C(/c4cc[n+](C)cc4)c4ccc([nH]4)/C(c4cc[n+](C)cc4)=C4/C=CC2N4)C=C3)cc1.[Zn+2]. The van der Waals surface area contributed by atoms with Crippen LogP contribution in [0.1, 0.15) is 33.6 Å². The fourth-order valence-electron chi connectivity index (χ4n) is 7.33. The van der Waals surface area contributed by atoms with Gasteiger partial charge in [-0.1, -0.05) is 6.08 Å². The van der Waals surface area contributed by atoms with E-state index in [1.165, 1.54) is 5.57 Å². The maximum atomic E-state index is 5.40. The molecule has 0 saturated heterocycles. The molecule has 9 rings (SSSR count). The largest absolute Gasteiger partial charge is 2.00 e. The third-order valence-corrected chi connectivity index (χ3v) is 10.1. The van der Waals surface area contributed by atoms with Crippen molar-refractivity contribution in [1.29, 1.82) is 0 Å². The zero-order valence-corrected chi connectivity index (χ0v) is 33.3. The number of H-pyrrole nitrogens is 2. The molecule has 8 nitrogen and oxygen atoms in total. The minimum absolute atomic E-state index is 0. The Kier molecular flexibility index (Phi) is 8.89. The Labute approximate surface area is 321 Å². The van der Waals surface area contributed by atoms with Crippen LogP contribution in [0.4, 0.5) is 0 Å². The van der Waals surface area contributed by atoms with E-state index in [-0.39, 0.29) is 25.5 Å². The maximum absolute atomic E-state index is 5.40. The second kappa shape index (κ2) is 13.8. The molecule has 9 heteroatoms. The molecule has 0 fully saturated rings. The summed E-state index contributed by atoms with van der Waals surface area (Å²) in [4.78, 5) is 13.1. The van der Waals surface area contributed by atoms with E-state index in [4.69, 9.17) is 4.99 Å². The second-order valence-corrected chi connectivity index (χ2v) is 13.7. The maximum Gasteiger partial charge on any atom is 2.00 e. The van der Waals surface area contributed by atoms with Gasteiger partial charge >= 0.3 is 19.5 Å². The second-order valence-electron chi connectivity index (χ2n) is 13.7. The average molecular weight is 746 g/mol. The Bertz CT molecular complexity index is 2650. The molecule has 3 aliphatic heterocycles. The molecule has 0 aromatic carbocycles. The van der Waals surface area contributed by atoms with E-state index < -0.39 is 0 Å². The van der Waals surface area contributed by atoms with Crippen LogP contribution in [0.15, 0.2) is 163 Å². The minimum atomic E-state index is -0.0820. The van der Waals surface area contributed by atoms with E-state index in [9.17, 15) is 0 Å². The van der Waals surface area contributed by atoms with E-state index in [1.54, 1.807) is 0 Å². The Morgan fingerprint density at radius 3 is 1.57 bits per heavy atom. The van der Waals surface area contributed by atoms with Crippen LogP contribution >= 0.6 is 0 Å². The van der Waals surface area contributed by atoms with E-state index in [1.807, 2.05) is 21.1 Å². The molecule has 6 aromatic heterocycles. The van der Waals surface area contributed by atoms with E-state index in [0.717, 1.165) is 78.2 Å². The molecule has 1 atom stereocenters. The first kappa shape index (κ1) is 34.1. The van der Waals surface area contributed by atoms with Crippen LogP contribution in [0, 0.1) is 0 Å². The van der Waals surface area contributed by atoms with Gasteiger partial charge in [0.25, 0.3) is 0 Å². The van der Waals surface area contributed by atoms with Crippen molar-refractivity contribution in [2.75, 3.05) is 0 Å². The molecule has 0 amide bonds. The van der Waals surface area contributed by atoms with Gasteiger partial charge < -0.3 is 15.3 Å². The van der Waals surface area contributed by atoms with Crippen LogP contribution in [0.3, 0.4) is 0 Å². The molecule has 6 aromatic rings. The summed E-state index contributed by atoms with van der Waals surface area (Å²) >= 11 is 0. The Hall–Kier alpha value is -6.05. The van der Waals surface area contributed by atoms with Crippen molar-refractivity contribution in [3.8, 4) is 0 Å². The molecular weight excluding hydrogens is 706 g/mol. The summed E-state index contributed by atoms with van der Waals surface area (Å²) in [5.74, 6) is 0. The van der Waals surface area contributed by atoms with Crippen LogP contribution in [0.25, 0.3) is 22.3 Å². The summed E-state index contributed by atoms with van der Waals surface area (Å²) < 4.78 is 8.25. The molecule has 9 heterocycles. The van der Waals surface area contributed by atoms with Crippen LogP contribution in [-0.4, -0.2) is 21.7 Å². The summed E-state index contributed by atoms with van der Waals surface area (Å²) in [6.45, 7) is 0. The number of allylic oxidation sites excluding steroid dienone is 3. The summed E-state index contributed by atoms with van der Waals surface area (Å²) in [6, 6.07) is 26.1. The standard InChI is InChI=1S/C44H38N8.Zn/c1-49-21-13-29(14-22-49)41-33-5-7-35(45-33)42(30-15-23-50(2)24-16-30)37-9-11-39(47-37)44(32-19-27-52(4)28-20-32)40-12-10-38(48-40)43(36-8-6-34(41)46-36)31-17-25-51(3)26-18-31;/h5-28,33H,1-4H3,(H,46,47,48);/q2*+2/p+2. The van der Waals surface area contributed by atoms with Crippen molar-refractivity contribution >= 4 is 28.0 Å².